The zero-order chi connectivity index (χ0) is 15.6. The summed E-state index contributed by atoms with van der Waals surface area (Å²) in [7, 11) is 0. The van der Waals surface area contributed by atoms with Crippen molar-refractivity contribution in [3.8, 4) is 0 Å². The van der Waals surface area contributed by atoms with Crippen LogP contribution < -0.4 is 0 Å². The molecular weight excluding hydrogens is 272 g/mol. The molecule has 0 spiro atoms. The highest BCUT2D eigenvalue weighted by Gasteiger charge is 2.20. The molecule has 0 aliphatic heterocycles. The molecule has 0 bridgehead atoms. The van der Waals surface area contributed by atoms with E-state index in [1.165, 1.54) is 11.1 Å². The third kappa shape index (κ3) is 3.01. The second kappa shape index (κ2) is 5.90. The van der Waals surface area contributed by atoms with Crippen LogP contribution in [0.1, 0.15) is 35.1 Å². The lowest BCUT2D eigenvalue weighted by molar-refractivity contribution is -0.137. The van der Waals surface area contributed by atoms with Gasteiger partial charge in [-0.25, -0.2) is 9.50 Å². The summed E-state index contributed by atoms with van der Waals surface area (Å²) in [5, 5.41) is 12.9. The first kappa shape index (κ1) is 15.0. The number of amides is 1. The highest BCUT2D eigenvalue weighted by molar-refractivity contribution is 5.99. The molecule has 0 aliphatic carbocycles. The van der Waals surface area contributed by atoms with Gasteiger partial charge in [0.25, 0.3) is 5.91 Å². The van der Waals surface area contributed by atoms with Crippen molar-refractivity contribution in [1.29, 1.82) is 0 Å². The fourth-order valence-corrected chi connectivity index (χ4v) is 2.23. The third-order valence-electron chi connectivity index (χ3n) is 3.27. The smallest absolute Gasteiger partial charge is 0.305 e. The molecule has 1 N–H and O–H groups in total. The first-order valence-electron chi connectivity index (χ1n) is 6.77. The first-order chi connectivity index (χ1) is 9.93. The topological polar surface area (TPSA) is 87.8 Å². The predicted molar refractivity (Wildman–Crippen MR) is 76.3 cm³/mol. The van der Waals surface area contributed by atoms with Gasteiger partial charge in [0.1, 0.15) is 5.56 Å². The van der Waals surface area contributed by atoms with Crippen LogP contribution >= 0.6 is 0 Å². The second-order valence-electron chi connectivity index (χ2n) is 4.86. The fraction of sp³-hybridized carbons (Fsp3) is 0.429. The van der Waals surface area contributed by atoms with Crippen molar-refractivity contribution in [2.75, 3.05) is 13.1 Å². The molecule has 0 aromatic carbocycles. The number of nitrogens with zero attached hydrogens (tertiary/aromatic N) is 4. The summed E-state index contributed by atoms with van der Waals surface area (Å²) in [4.78, 5) is 29.0. The number of carboxylic acid groups (broad SMARTS) is 1. The number of fused-ring (bicyclic) bond motifs is 1. The molecule has 0 aliphatic rings. The summed E-state index contributed by atoms with van der Waals surface area (Å²) < 4.78 is 1.62. The summed E-state index contributed by atoms with van der Waals surface area (Å²) in [6, 6.07) is 1.89. The molecule has 7 nitrogen and oxygen atoms in total. The second-order valence-corrected chi connectivity index (χ2v) is 4.86. The maximum absolute atomic E-state index is 12.5. The monoisotopic (exact) mass is 290 g/mol. The molecule has 0 saturated carbocycles. The van der Waals surface area contributed by atoms with E-state index in [9.17, 15) is 9.59 Å². The minimum atomic E-state index is -0.925. The molecule has 112 valence electrons. The molecule has 2 aromatic heterocycles. The van der Waals surface area contributed by atoms with Crippen molar-refractivity contribution < 1.29 is 14.7 Å². The lowest BCUT2D eigenvalue weighted by Gasteiger charge is -2.19. The molecular formula is C14H18N4O3. The van der Waals surface area contributed by atoms with Gasteiger partial charge in [0.2, 0.25) is 0 Å². The van der Waals surface area contributed by atoms with Crippen LogP contribution in [0.4, 0.5) is 0 Å². The minimum Gasteiger partial charge on any atom is -0.481 e. The number of hydrogen-bond donors (Lipinski definition) is 1. The van der Waals surface area contributed by atoms with E-state index < -0.39 is 5.97 Å². The van der Waals surface area contributed by atoms with Crippen molar-refractivity contribution in [2.45, 2.75) is 27.2 Å². The Kier molecular flexibility index (Phi) is 4.21. The van der Waals surface area contributed by atoms with Crippen LogP contribution in [-0.2, 0) is 4.79 Å². The van der Waals surface area contributed by atoms with Crippen LogP contribution in [0.5, 0.6) is 0 Å². The number of carbonyl (C=O) groups excluding carboxylic acids is 1. The van der Waals surface area contributed by atoms with Crippen molar-refractivity contribution in [3.05, 3.63) is 29.2 Å². The van der Waals surface area contributed by atoms with Crippen LogP contribution in [0.25, 0.3) is 5.65 Å². The Hall–Kier alpha value is -2.44. The number of aryl methyl sites for hydroxylation is 2. The van der Waals surface area contributed by atoms with E-state index in [2.05, 4.69) is 10.1 Å². The molecule has 2 aromatic rings. The maximum Gasteiger partial charge on any atom is 0.305 e. The Morgan fingerprint density at radius 3 is 2.71 bits per heavy atom. The quantitative estimate of drug-likeness (QED) is 0.896. The first-order valence-corrected chi connectivity index (χ1v) is 6.77. The Bertz CT molecular complexity index is 693. The molecule has 7 heteroatoms. The van der Waals surface area contributed by atoms with Gasteiger partial charge in [0.15, 0.2) is 5.65 Å². The molecule has 2 rings (SSSR count). The maximum atomic E-state index is 12.5. The van der Waals surface area contributed by atoms with Crippen LogP contribution in [0.2, 0.25) is 0 Å². The predicted octanol–water partition coefficient (Wildman–Crippen LogP) is 1.28. The summed E-state index contributed by atoms with van der Waals surface area (Å²) in [5.74, 6) is -1.17. The Labute approximate surface area is 122 Å². The van der Waals surface area contributed by atoms with Crippen LogP contribution in [0.15, 0.2) is 12.3 Å². The van der Waals surface area contributed by atoms with Gasteiger partial charge in [-0.15, -0.1) is 0 Å². The number of hydrogen-bond acceptors (Lipinski definition) is 4. The Morgan fingerprint density at radius 2 is 2.10 bits per heavy atom. The Balaban J connectivity index is 2.36. The minimum absolute atomic E-state index is 0.0791. The zero-order valence-electron chi connectivity index (χ0n) is 12.3. The van der Waals surface area contributed by atoms with Crippen LogP contribution in [-0.4, -0.2) is 49.6 Å². The van der Waals surface area contributed by atoms with E-state index in [0.29, 0.717) is 17.8 Å². The van der Waals surface area contributed by atoms with Crippen molar-refractivity contribution in [1.82, 2.24) is 19.5 Å². The van der Waals surface area contributed by atoms with E-state index in [1.54, 1.807) is 4.52 Å². The highest BCUT2D eigenvalue weighted by Crippen LogP contribution is 2.14. The third-order valence-corrected chi connectivity index (χ3v) is 3.27. The molecule has 2 heterocycles. The molecule has 0 saturated heterocycles. The van der Waals surface area contributed by atoms with Gasteiger partial charge in [-0.3, -0.25) is 9.59 Å². The lowest BCUT2D eigenvalue weighted by Crippen LogP contribution is -2.32. The van der Waals surface area contributed by atoms with Gasteiger partial charge in [-0.2, -0.15) is 5.10 Å². The van der Waals surface area contributed by atoms with Crippen LogP contribution in [0.3, 0.4) is 0 Å². The van der Waals surface area contributed by atoms with Gasteiger partial charge in [0, 0.05) is 24.5 Å². The SMILES string of the molecule is CCN(CCC(=O)O)C(=O)c1cnn2c(C)cc(C)nc12. The number of carbonyl (C=O) groups is 2. The van der Waals surface area contributed by atoms with Gasteiger partial charge in [-0.05, 0) is 26.8 Å². The van der Waals surface area contributed by atoms with Gasteiger partial charge in [0.05, 0.1) is 12.6 Å². The molecule has 0 fully saturated rings. The summed E-state index contributed by atoms with van der Waals surface area (Å²) in [6.45, 7) is 6.18. The average Bonchev–Trinajstić information content (AvgIpc) is 2.82. The fourth-order valence-electron chi connectivity index (χ4n) is 2.23. The summed E-state index contributed by atoms with van der Waals surface area (Å²) >= 11 is 0. The van der Waals surface area contributed by atoms with E-state index in [0.717, 1.165) is 11.4 Å². The zero-order valence-corrected chi connectivity index (χ0v) is 12.3. The molecule has 21 heavy (non-hydrogen) atoms. The number of carboxylic acids is 1. The summed E-state index contributed by atoms with van der Waals surface area (Å²) in [6.07, 6.45) is 1.41. The standard InChI is InChI=1S/C14H18N4O3/c1-4-17(6-5-12(19)20)14(21)11-8-15-18-10(3)7-9(2)16-13(11)18/h7-8H,4-6H2,1-3H3,(H,19,20). The van der Waals surface area contributed by atoms with Crippen molar-refractivity contribution in [3.63, 3.8) is 0 Å². The van der Waals surface area contributed by atoms with Gasteiger partial charge < -0.3 is 10.0 Å². The van der Waals surface area contributed by atoms with Crippen LogP contribution in [0, 0.1) is 13.8 Å². The van der Waals surface area contributed by atoms with Crippen molar-refractivity contribution >= 4 is 17.5 Å². The van der Waals surface area contributed by atoms with Gasteiger partial charge >= 0.3 is 5.97 Å². The van der Waals surface area contributed by atoms with Crippen molar-refractivity contribution in [2.24, 2.45) is 0 Å². The van der Waals surface area contributed by atoms with Gasteiger partial charge in [-0.1, -0.05) is 0 Å². The molecule has 0 radical (unpaired) electrons. The van der Waals surface area contributed by atoms with E-state index >= 15 is 0 Å². The molecule has 0 unspecified atom stereocenters. The van der Waals surface area contributed by atoms with E-state index in [-0.39, 0.29) is 18.9 Å². The summed E-state index contributed by atoms with van der Waals surface area (Å²) in [5.41, 5.74) is 2.61. The number of rotatable bonds is 5. The average molecular weight is 290 g/mol. The van der Waals surface area contributed by atoms with E-state index in [1.807, 2.05) is 26.8 Å². The van der Waals surface area contributed by atoms with E-state index in [4.69, 9.17) is 5.11 Å². The Morgan fingerprint density at radius 1 is 1.38 bits per heavy atom. The highest BCUT2D eigenvalue weighted by atomic mass is 16.4. The number of aromatic nitrogens is 3. The lowest BCUT2D eigenvalue weighted by atomic mass is 10.2. The number of aliphatic carboxylic acids is 1. The molecule has 0 atom stereocenters. The largest absolute Gasteiger partial charge is 0.481 e. The normalized spacial score (nSPS) is 10.8. The molecule has 1 amide bonds.